The van der Waals surface area contributed by atoms with Gasteiger partial charge in [-0.05, 0) is 57.2 Å². The van der Waals surface area contributed by atoms with E-state index in [9.17, 15) is 18.0 Å². The number of anilines is 1. The second-order valence-electron chi connectivity index (χ2n) is 7.77. The van der Waals surface area contributed by atoms with Gasteiger partial charge in [-0.15, -0.1) is 0 Å². The van der Waals surface area contributed by atoms with Crippen molar-refractivity contribution in [3.63, 3.8) is 0 Å². The Morgan fingerprint density at radius 2 is 1.59 bits per heavy atom. The minimum Gasteiger partial charge on any atom is -0.497 e. The molecular formula is C21H24N2O5S. The summed E-state index contributed by atoms with van der Waals surface area (Å²) >= 11 is 0. The van der Waals surface area contributed by atoms with Gasteiger partial charge < -0.3 is 4.74 Å². The summed E-state index contributed by atoms with van der Waals surface area (Å²) in [6.07, 6.45) is -0.214. The maximum Gasteiger partial charge on any atom is 0.252 e. The molecule has 29 heavy (non-hydrogen) atoms. The van der Waals surface area contributed by atoms with Crippen molar-refractivity contribution in [3.05, 3.63) is 54.6 Å². The van der Waals surface area contributed by atoms with Crippen LogP contribution in [0, 0.1) is 0 Å². The molecule has 2 amide bonds. The molecule has 154 valence electrons. The molecule has 1 fully saturated rings. The number of hydrogen-bond acceptors (Lipinski definition) is 5. The van der Waals surface area contributed by atoms with E-state index in [0.29, 0.717) is 11.4 Å². The number of carbonyl (C=O) groups excluding carboxylic acids is 2. The lowest BCUT2D eigenvalue weighted by Gasteiger charge is -2.37. The van der Waals surface area contributed by atoms with Crippen LogP contribution in [0.5, 0.6) is 5.75 Å². The van der Waals surface area contributed by atoms with E-state index in [0.717, 1.165) is 9.21 Å². The fourth-order valence-corrected chi connectivity index (χ4v) is 5.45. The number of benzene rings is 2. The molecule has 1 heterocycles. The quantitative estimate of drug-likeness (QED) is 0.700. The van der Waals surface area contributed by atoms with Gasteiger partial charge >= 0.3 is 0 Å². The molecule has 0 N–H and O–H groups in total. The Balaban J connectivity index is 2.02. The number of imide groups is 1. The van der Waals surface area contributed by atoms with Crippen LogP contribution in [0.2, 0.25) is 0 Å². The summed E-state index contributed by atoms with van der Waals surface area (Å²) in [4.78, 5) is 27.0. The van der Waals surface area contributed by atoms with Gasteiger partial charge in [-0.1, -0.05) is 18.2 Å². The van der Waals surface area contributed by atoms with Crippen LogP contribution in [0.3, 0.4) is 0 Å². The van der Waals surface area contributed by atoms with Crippen molar-refractivity contribution in [2.75, 3.05) is 12.0 Å². The van der Waals surface area contributed by atoms with Crippen molar-refractivity contribution in [1.29, 1.82) is 0 Å². The third kappa shape index (κ3) is 3.90. The number of rotatable bonds is 5. The van der Waals surface area contributed by atoms with E-state index in [1.54, 1.807) is 63.2 Å². The van der Waals surface area contributed by atoms with E-state index in [1.807, 2.05) is 0 Å². The summed E-state index contributed by atoms with van der Waals surface area (Å²) in [5, 5.41) is 0. The van der Waals surface area contributed by atoms with E-state index < -0.39 is 33.4 Å². The van der Waals surface area contributed by atoms with Gasteiger partial charge in [-0.3, -0.25) is 9.59 Å². The second-order valence-corrected chi connectivity index (χ2v) is 9.58. The molecule has 0 radical (unpaired) electrons. The van der Waals surface area contributed by atoms with Crippen LogP contribution in [0.15, 0.2) is 59.5 Å². The van der Waals surface area contributed by atoms with Gasteiger partial charge in [-0.2, -0.15) is 4.31 Å². The fourth-order valence-electron chi connectivity index (χ4n) is 3.50. The molecule has 0 bridgehead atoms. The Kier molecular flexibility index (Phi) is 5.51. The Hall–Kier alpha value is -2.71. The molecule has 1 unspecified atom stereocenters. The highest BCUT2D eigenvalue weighted by Gasteiger charge is 2.50. The Bertz CT molecular complexity index is 1010. The summed E-state index contributed by atoms with van der Waals surface area (Å²) in [6, 6.07) is 13.3. The number of hydrogen-bond donors (Lipinski definition) is 0. The highest BCUT2D eigenvalue weighted by Crippen LogP contribution is 2.34. The first-order valence-electron chi connectivity index (χ1n) is 9.18. The number of amides is 2. The van der Waals surface area contributed by atoms with Gasteiger partial charge in [0.2, 0.25) is 15.9 Å². The molecule has 0 aliphatic carbocycles. The normalized spacial score (nSPS) is 17.8. The molecule has 1 aliphatic rings. The van der Waals surface area contributed by atoms with Gasteiger partial charge in [0.05, 0.1) is 24.1 Å². The van der Waals surface area contributed by atoms with Crippen molar-refractivity contribution in [3.8, 4) is 5.75 Å². The zero-order valence-corrected chi connectivity index (χ0v) is 17.6. The van der Waals surface area contributed by atoms with Crippen LogP contribution in [-0.4, -0.2) is 43.2 Å². The zero-order valence-electron chi connectivity index (χ0n) is 16.8. The molecule has 2 aromatic carbocycles. The van der Waals surface area contributed by atoms with E-state index >= 15 is 0 Å². The lowest BCUT2D eigenvalue weighted by molar-refractivity contribution is -0.122. The smallest absolute Gasteiger partial charge is 0.252 e. The molecule has 0 saturated carbocycles. The topological polar surface area (TPSA) is 84.0 Å². The SMILES string of the molecule is COc1ccc(N2C(=O)CC(N(C(C)(C)C)S(=O)(=O)c3ccccc3)C2=O)cc1. The molecule has 7 nitrogen and oxygen atoms in total. The van der Waals surface area contributed by atoms with Gasteiger partial charge in [-0.25, -0.2) is 13.3 Å². The molecule has 0 spiro atoms. The Morgan fingerprint density at radius 1 is 1.00 bits per heavy atom. The molecule has 0 aromatic heterocycles. The maximum atomic E-state index is 13.4. The standard InChI is InChI=1S/C21H24N2O5S/c1-21(2,3)23(29(26,27)17-8-6-5-7-9-17)18-14-19(24)22(20(18)25)15-10-12-16(28-4)13-11-15/h5-13,18H,14H2,1-4H3. The number of sulfonamides is 1. The van der Waals surface area contributed by atoms with Gasteiger partial charge in [0.1, 0.15) is 11.8 Å². The van der Waals surface area contributed by atoms with Crippen LogP contribution < -0.4 is 9.64 Å². The molecule has 2 aromatic rings. The summed E-state index contributed by atoms with van der Waals surface area (Å²) in [7, 11) is -2.48. The van der Waals surface area contributed by atoms with E-state index in [4.69, 9.17) is 4.74 Å². The van der Waals surface area contributed by atoms with Crippen molar-refractivity contribution in [2.24, 2.45) is 0 Å². The van der Waals surface area contributed by atoms with Crippen molar-refractivity contribution < 1.29 is 22.7 Å². The predicted octanol–water partition coefficient (Wildman–Crippen LogP) is 2.82. The minimum atomic E-state index is -4.00. The summed E-state index contributed by atoms with van der Waals surface area (Å²) in [5.41, 5.74) is -0.528. The van der Waals surface area contributed by atoms with Gasteiger partial charge in [0.25, 0.3) is 5.91 Å². The third-order valence-corrected chi connectivity index (χ3v) is 6.89. The van der Waals surface area contributed by atoms with E-state index in [1.165, 1.54) is 19.2 Å². The second kappa shape index (κ2) is 7.61. The fraction of sp³-hybridized carbons (Fsp3) is 0.333. The zero-order chi connectivity index (χ0) is 21.4. The first-order valence-corrected chi connectivity index (χ1v) is 10.6. The lowest BCUT2D eigenvalue weighted by Crippen LogP contribution is -2.54. The van der Waals surface area contributed by atoms with Gasteiger partial charge in [0.15, 0.2) is 0 Å². The van der Waals surface area contributed by atoms with E-state index in [2.05, 4.69) is 0 Å². The monoisotopic (exact) mass is 416 g/mol. The molecular weight excluding hydrogens is 392 g/mol. The third-order valence-electron chi connectivity index (χ3n) is 4.70. The molecule has 1 saturated heterocycles. The van der Waals surface area contributed by atoms with Crippen molar-refractivity contribution in [1.82, 2.24) is 4.31 Å². The van der Waals surface area contributed by atoms with Crippen molar-refractivity contribution in [2.45, 2.75) is 43.7 Å². The molecule has 1 atom stereocenters. The number of ether oxygens (including phenoxy) is 1. The number of methoxy groups -OCH3 is 1. The highest BCUT2D eigenvalue weighted by molar-refractivity contribution is 7.89. The molecule has 8 heteroatoms. The molecule has 3 rings (SSSR count). The predicted molar refractivity (Wildman–Crippen MR) is 109 cm³/mol. The summed E-state index contributed by atoms with van der Waals surface area (Å²) in [5.74, 6) is -0.412. The average Bonchev–Trinajstić information content (AvgIpc) is 2.95. The molecule has 1 aliphatic heterocycles. The largest absolute Gasteiger partial charge is 0.497 e. The Labute approximate surface area is 170 Å². The number of nitrogens with zero attached hydrogens (tertiary/aromatic N) is 2. The van der Waals surface area contributed by atoms with Crippen LogP contribution in [-0.2, 0) is 19.6 Å². The maximum absolute atomic E-state index is 13.4. The van der Waals surface area contributed by atoms with E-state index in [-0.39, 0.29) is 11.3 Å². The van der Waals surface area contributed by atoms with Gasteiger partial charge in [0, 0.05) is 5.54 Å². The Morgan fingerprint density at radius 3 is 2.10 bits per heavy atom. The van der Waals surface area contributed by atoms with Crippen LogP contribution in [0.25, 0.3) is 0 Å². The average molecular weight is 416 g/mol. The first-order chi connectivity index (χ1) is 13.6. The summed E-state index contributed by atoms with van der Waals surface area (Å²) in [6.45, 7) is 5.13. The number of carbonyl (C=O) groups is 2. The van der Waals surface area contributed by atoms with Crippen LogP contribution >= 0.6 is 0 Å². The highest BCUT2D eigenvalue weighted by atomic mass is 32.2. The van der Waals surface area contributed by atoms with Crippen LogP contribution in [0.4, 0.5) is 5.69 Å². The first kappa shape index (κ1) is 21.0. The lowest BCUT2D eigenvalue weighted by atomic mass is 10.1. The minimum absolute atomic E-state index is 0.0815. The van der Waals surface area contributed by atoms with Crippen LogP contribution in [0.1, 0.15) is 27.2 Å². The van der Waals surface area contributed by atoms with Crippen molar-refractivity contribution >= 4 is 27.5 Å². The summed E-state index contributed by atoms with van der Waals surface area (Å²) < 4.78 is 33.0.